The first-order valence-electron chi connectivity index (χ1n) is 6.82. The van der Waals surface area contributed by atoms with E-state index in [1.165, 1.54) is 11.1 Å². The van der Waals surface area contributed by atoms with Gasteiger partial charge in [-0.25, -0.2) is 4.98 Å². The molecule has 0 saturated heterocycles. The normalized spacial score (nSPS) is 10.6. The fourth-order valence-corrected chi connectivity index (χ4v) is 2.27. The van der Waals surface area contributed by atoms with Gasteiger partial charge in [-0.05, 0) is 53.0 Å². The fraction of sp³-hybridized carbons (Fsp3) is 0.312. The van der Waals surface area contributed by atoms with Crippen LogP contribution in [0.4, 0.5) is 5.82 Å². The van der Waals surface area contributed by atoms with E-state index in [1.54, 1.807) is 0 Å². The lowest BCUT2D eigenvalue weighted by Crippen LogP contribution is -2.26. The van der Waals surface area contributed by atoms with Crippen LogP contribution in [0.1, 0.15) is 17.5 Å². The summed E-state index contributed by atoms with van der Waals surface area (Å²) in [6, 6.07) is 12.6. The molecule has 0 radical (unpaired) electrons. The first-order valence-corrected chi connectivity index (χ1v) is 7.61. The molecule has 1 heterocycles. The summed E-state index contributed by atoms with van der Waals surface area (Å²) in [5, 5.41) is 0. The number of nitrogens with two attached hydrogens (primary N) is 1. The second-order valence-electron chi connectivity index (χ2n) is 4.84. The molecule has 0 aliphatic rings. The van der Waals surface area contributed by atoms with Crippen LogP contribution in [0.2, 0.25) is 0 Å². The zero-order valence-corrected chi connectivity index (χ0v) is 13.3. The van der Waals surface area contributed by atoms with Crippen LogP contribution < -0.4 is 10.6 Å². The zero-order chi connectivity index (χ0) is 14.4. The van der Waals surface area contributed by atoms with E-state index < -0.39 is 0 Å². The van der Waals surface area contributed by atoms with Gasteiger partial charge in [-0.3, -0.25) is 0 Å². The van der Waals surface area contributed by atoms with Crippen molar-refractivity contribution >= 4 is 21.7 Å². The van der Waals surface area contributed by atoms with Crippen molar-refractivity contribution in [2.24, 2.45) is 5.73 Å². The van der Waals surface area contributed by atoms with Gasteiger partial charge in [0.2, 0.25) is 0 Å². The van der Waals surface area contributed by atoms with Crippen molar-refractivity contribution in [1.29, 1.82) is 0 Å². The summed E-state index contributed by atoms with van der Waals surface area (Å²) in [4.78, 5) is 6.81. The van der Waals surface area contributed by atoms with E-state index in [0.717, 1.165) is 29.8 Å². The van der Waals surface area contributed by atoms with Crippen molar-refractivity contribution < 1.29 is 0 Å². The summed E-state index contributed by atoms with van der Waals surface area (Å²) >= 11 is 3.50. The van der Waals surface area contributed by atoms with E-state index in [-0.39, 0.29) is 0 Å². The van der Waals surface area contributed by atoms with E-state index in [1.807, 2.05) is 12.3 Å². The molecule has 2 rings (SSSR count). The molecule has 0 aliphatic heterocycles. The van der Waals surface area contributed by atoms with Crippen LogP contribution >= 0.6 is 15.9 Å². The highest BCUT2D eigenvalue weighted by atomic mass is 79.9. The molecule has 0 unspecified atom stereocenters. The Hall–Kier alpha value is -1.39. The van der Waals surface area contributed by atoms with Crippen LogP contribution in [0.15, 0.2) is 47.1 Å². The molecule has 0 amide bonds. The third-order valence-corrected chi connectivity index (χ3v) is 4.04. The molecule has 2 aromatic rings. The molecule has 0 spiro atoms. The number of hydrogen-bond donors (Lipinski definition) is 1. The molecule has 0 atom stereocenters. The quantitative estimate of drug-likeness (QED) is 0.879. The number of nitrogens with zero attached hydrogens (tertiary/aromatic N) is 2. The molecule has 3 nitrogen and oxygen atoms in total. The van der Waals surface area contributed by atoms with E-state index in [4.69, 9.17) is 5.73 Å². The Bertz CT molecular complexity index is 543. The molecular formula is C16H20BrN3. The average molecular weight is 334 g/mol. The van der Waals surface area contributed by atoms with Gasteiger partial charge in [-0.15, -0.1) is 0 Å². The summed E-state index contributed by atoms with van der Waals surface area (Å²) in [7, 11) is 0. The van der Waals surface area contributed by atoms with Gasteiger partial charge in [0.25, 0.3) is 0 Å². The minimum atomic E-state index is 0.695. The van der Waals surface area contributed by atoms with E-state index in [9.17, 15) is 0 Å². The SMILES string of the molecule is Cc1cc(N(CCCN)Cc2ccccc2)ncc1Br. The molecular weight excluding hydrogens is 314 g/mol. The second-order valence-corrected chi connectivity index (χ2v) is 5.70. The van der Waals surface area contributed by atoms with E-state index in [0.29, 0.717) is 6.54 Å². The van der Waals surface area contributed by atoms with Crippen LogP contribution in [0.3, 0.4) is 0 Å². The lowest BCUT2D eigenvalue weighted by molar-refractivity contribution is 0.725. The molecule has 106 valence electrons. The van der Waals surface area contributed by atoms with Crippen molar-refractivity contribution in [3.05, 3.63) is 58.2 Å². The van der Waals surface area contributed by atoms with Gasteiger partial charge in [-0.1, -0.05) is 30.3 Å². The minimum absolute atomic E-state index is 0.695. The van der Waals surface area contributed by atoms with Crippen LogP contribution in [0.5, 0.6) is 0 Å². The zero-order valence-electron chi connectivity index (χ0n) is 11.7. The summed E-state index contributed by atoms with van der Waals surface area (Å²) in [6.45, 7) is 4.55. The number of hydrogen-bond acceptors (Lipinski definition) is 3. The summed E-state index contributed by atoms with van der Waals surface area (Å²) < 4.78 is 1.04. The third-order valence-electron chi connectivity index (χ3n) is 3.20. The number of aromatic nitrogens is 1. The second kappa shape index (κ2) is 7.41. The topological polar surface area (TPSA) is 42.1 Å². The molecule has 0 fully saturated rings. The Labute approximate surface area is 129 Å². The molecule has 0 bridgehead atoms. The smallest absolute Gasteiger partial charge is 0.129 e. The standard InChI is InChI=1S/C16H20BrN3/c1-13-10-16(19-11-15(13)17)20(9-5-8-18)12-14-6-3-2-4-7-14/h2-4,6-7,10-11H,5,8-9,12,18H2,1H3. The van der Waals surface area contributed by atoms with Crippen LogP contribution in [-0.2, 0) is 6.54 Å². The molecule has 0 saturated carbocycles. The van der Waals surface area contributed by atoms with Crippen LogP contribution in [0, 0.1) is 6.92 Å². The Morgan fingerprint density at radius 2 is 2.00 bits per heavy atom. The van der Waals surface area contributed by atoms with Gasteiger partial charge in [0.05, 0.1) is 0 Å². The fourth-order valence-electron chi connectivity index (χ4n) is 2.06. The number of benzene rings is 1. The number of rotatable bonds is 6. The maximum Gasteiger partial charge on any atom is 0.129 e. The Kier molecular flexibility index (Phi) is 5.56. The summed E-state index contributed by atoms with van der Waals surface area (Å²) in [6.07, 6.45) is 2.83. The highest BCUT2D eigenvalue weighted by Gasteiger charge is 2.09. The molecule has 2 N–H and O–H groups in total. The van der Waals surface area contributed by atoms with Gasteiger partial charge in [0.1, 0.15) is 5.82 Å². The van der Waals surface area contributed by atoms with Gasteiger partial charge in [0.15, 0.2) is 0 Å². The van der Waals surface area contributed by atoms with Crippen molar-refractivity contribution in [1.82, 2.24) is 4.98 Å². The Morgan fingerprint density at radius 3 is 2.65 bits per heavy atom. The van der Waals surface area contributed by atoms with E-state index in [2.05, 4.69) is 63.1 Å². The van der Waals surface area contributed by atoms with E-state index >= 15 is 0 Å². The maximum absolute atomic E-state index is 5.65. The van der Waals surface area contributed by atoms with Crippen molar-refractivity contribution in [2.45, 2.75) is 19.9 Å². The largest absolute Gasteiger partial charge is 0.352 e. The predicted octanol–water partition coefficient (Wildman–Crippen LogP) is 3.51. The molecule has 20 heavy (non-hydrogen) atoms. The summed E-state index contributed by atoms with van der Waals surface area (Å²) in [5.41, 5.74) is 8.13. The Balaban J connectivity index is 2.20. The number of pyridine rings is 1. The van der Waals surface area contributed by atoms with Crippen molar-refractivity contribution in [3.8, 4) is 0 Å². The predicted molar refractivity (Wildman–Crippen MR) is 87.8 cm³/mol. The lowest BCUT2D eigenvalue weighted by Gasteiger charge is -2.24. The van der Waals surface area contributed by atoms with Crippen molar-refractivity contribution in [3.63, 3.8) is 0 Å². The summed E-state index contributed by atoms with van der Waals surface area (Å²) in [5.74, 6) is 1.00. The first kappa shape index (κ1) is 15.0. The highest BCUT2D eigenvalue weighted by Crippen LogP contribution is 2.21. The Morgan fingerprint density at radius 1 is 1.25 bits per heavy atom. The third kappa shape index (κ3) is 4.05. The number of halogens is 1. The average Bonchev–Trinajstić information content (AvgIpc) is 2.47. The molecule has 4 heteroatoms. The lowest BCUT2D eigenvalue weighted by atomic mass is 10.2. The van der Waals surface area contributed by atoms with Gasteiger partial charge in [0, 0.05) is 23.8 Å². The van der Waals surface area contributed by atoms with Gasteiger partial charge < -0.3 is 10.6 Å². The van der Waals surface area contributed by atoms with Crippen molar-refractivity contribution in [2.75, 3.05) is 18.0 Å². The van der Waals surface area contributed by atoms with Crippen LogP contribution in [0.25, 0.3) is 0 Å². The highest BCUT2D eigenvalue weighted by molar-refractivity contribution is 9.10. The minimum Gasteiger partial charge on any atom is -0.352 e. The van der Waals surface area contributed by atoms with Gasteiger partial charge >= 0.3 is 0 Å². The number of aryl methyl sites for hydroxylation is 1. The van der Waals surface area contributed by atoms with Gasteiger partial charge in [-0.2, -0.15) is 0 Å². The number of anilines is 1. The van der Waals surface area contributed by atoms with Crippen LogP contribution in [-0.4, -0.2) is 18.1 Å². The monoisotopic (exact) mass is 333 g/mol. The molecule has 1 aromatic heterocycles. The molecule has 0 aliphatic carbocycles. The molecule has 1 aromatic carbocycles. The first-order chi connectivity index (χ1) is 9.70. The maximum atomic E-state index is 5.65.